The molecule has 0 amide bonds. The van der Waals surface area contributed by atoms with Crippen LogP contribution in [-0.2, 0) is 13.1 Å². The second-order valence-corrected chi connectivity index (χ2v) is 6.39. The summed E-state index contributed by atoms with van der Waals surface area (Å²) in [6.45, 7) is 3.70. The zero-order chi connectivity index (χ0) is 17.6. The number of nitrogens with zero attached hydrogens (tertiary/aromatic N) is 4. The highest BCUT2D eigenvalue weighted by Gasteiger charge is 2.26. The molecule has 0 saturated carbocycles. The minimum atomic E-state index is -0.339. The predicted molar refractivity (Wildman–Crippen MR) is 89.6 cm³/mol. The maximum absolute atomic E-state index is 13.3. The minimum Gasteiger partial charge on any atom is -0.396 e. The average Bonchev–Trinajstić information content (AvgIpc) is 2.58. The Morgan fingerprint density at radius 2 is 1.60 bits per heavy atom. The third-order valence-corrected chi connectivity index (χ3v) is 4.47. The van der Waals surface area contributed by atoms with E-state index >= 15 is 0 Å². The van der Waals surface area contributed by atoms with E-state index in [-0.39, 0.29) is 24.3 Å². The monoisotopic (exact) mass is 348 g/mol. The Balaban J connectivity index is 1.63. The lowest BCUT2D eigenvalue weighted by molar-refractivity contribution is 0.0498. The highest BCUT2D eigenvalue weighted by molar-refractivity contribution is 5.12. The summed E-state index contributed by atoms with van der Waals surface area (Å²) in [6, 6.07) is 3.15. The van der Waals surface area contributed by atoms with Gasteiger partial charge in [0.1, 0.15) is 11.6 Å². The number of hydrogen-bond donors (Lipinski definition) is 1. The van der Waals surface area contributed by atoms with Gasteiger partial charge in [0, 0.05) is 57.8 Å². The summed E-state index contributed by atoms with van der Waals surface area (Å²) in [5.41, 5.74) is 1.66. The Morgan fingerprint density at radius 1 is 0.960 bits per heavy atom. The highest BCUT2D eigenvalue weighted by atomic mass is 19.1. The Hall–Kier alpha value is -1.96. The molecule has 0 spiro atoms. The van der Waals surface area contributed by atoms with E-state index in [1.165, 1.54) is 24.5 Å². The van der Waals surface area contributed by atoms with E-state index < -0.39 is 0 Å². The van der Waals surface area contributed by atoms with Crippen LogP contribution in [0.5, 0.6) is 0 Å². The molecule has 1 N–H and O–H groups in total. The third kappa shape index (κ3) is 5.01. The molecule has 1 fully saturated rings. The van der Waals surface area contributed by atoms with Gasteiger partial charge < -0.3 is 5.11 Å². The van der Waals surface area contributed by atoms with Crippen molar-refractivity contribution in [2.75, 3.05) is 26.2 Å². The average molecular weight is 348 g/mol. The highest BCUT2D eigenvalue weighted by Crippen LogP contribution is 2.18. The number of rotatable bonds is 6. The molecule has 3 heterocycles. The molecule has 1 saturated heterocycles. The molecule has 1 atom stereocenters. The van der Waals surface area contributed by atoms with E-state index in [1.54, 1.807) is 12.4 Å². The summed E-state index contributed by atoms with van der Waals surface area (Å²) in [6.07, 6.45) is 6.38. The zero-order valence-corrected chi connectivity index (χ0v) is 14.0. The fraction of sp³-hybridized carbons (Fsp3) is 0.444. The topological polar surface area (TPSA) is 52.5 Å². The maximum atomic E-state index is 13.3. The molecule has 0 aliphatic carbocycles. The molecular formula is C18H22F2N4O. The van der Waals surface area contributed by atoms with Gasteiger partial charge in [-0.2, -0.15) is 0 Å². The van der Waals surface area contributed by atoms with Gasteiger partial charge in [0.15, 0.2) is 0 Å². The van der Waals surface area contributed by atoms with E-state index in [0.717, 1.165) is 30.8 Å². The second kappa shape index (κ2) is 8.42. The summed E-state index contributed by atoms with van der Waals surface area (Å²) in [4.78, 5) is 12.3. The number of aromatic nitrogens is 2. The normalized spacial score (nSPS) is 19.2. The van der Waals surface area contributed by atoms with E-state index in [1.807, 2.05) is 0 Å². The van der Waals surface area contributed by atoms with Crippen molar-refractivity contribution in [3.63, 3.8) is 0 Å². The fourth-order valence-electron chi connectivity index (χ4n) is 3.31. The van der Waals surface area contributed by atoms with Crippen LogP contribution < -0.4 is 0 Å². The van der Waals surface area contributed by atoms with Gasteiger partial charge in [-0.1, -0.05) is 0 Å². The van der Waals surface area contributed by atoms with Gasteiger partial charge in [-0.15, -0.1) is 0 Å². The van der Waals surface area contributed by atoms with Crippen LogP contribution in [0.3, 0.4) is 0 Å². The lowest BCUT2D eigenvalue weighted by Gasteiger charge is -2.41. The number of aliphatic hydroxyl groups excluding tert-OH is 1. The van der Waals surface area contributed by atoms with Crippen LogP contribution in [0.2, 0.25) is 0 Å². The van der Waals surface area contributed by atoms with Gasteiger partial charge in [-0.05, 0) is 29.7 Å². The SMILES string of the molecule is OCCC1CN(Cc2cncc(F)c2)CCN1Cc1cncc(F)c1. The number of piperazine rings is 1. The van der Waals surface area contributed by atoms with Crippen molar-refractivity contribution in [3.05, 3.63) is 59.7 Å². The largest absolute Gasteiger partial charge is 0.396 e. The second-order valence-electron chi connectivity index (χ2n) is 6.39. The summed E-state index contributed by atoms with van der Waals surface area (Å²) in [5, 5.41) is 9.38. The van der Waals surface area contributed by atoms with Crippen molar-refractivity contribution in [3.8, 4) is 0 Å². The van der Waals surface area contributed by atoms with E-state index in [0.29, 0.717) is 19.5 Å². The van der Waals surface area contributed by atoms with E-state index in [9.17, 15) is 13.9 Å². The molecule has 1 aliphatic heterocycles. The van der Waals surface area contributed by atoms with Crippen molar-refractivity contribution in [1.29, 1.82) is 0 Å². The van der Waals surface area contributed by atoms with Crippen molar-refractivity contribution >= 4 is 0 Å². The maximum Gasteiger partial charge on any atom is 0.141 e. The molecule has 0 aromatic carbocycles. The van der Waals surface area contributed by atoms with Crippen molar-refractivity contribution in [2.45, 2.75) is 25.6 Å². The lowest BCUT2D eigenvalue weighted by atomic mass is 10.1. The van der Waals surface area contributed by atoms with Crippen molar-refractivity contribution < 1.29 is 13.9 Å². The first-order valence-electron chi connectivity index (χ1n) is 8.40. The quantitative estimate of drug-likeness (QED) is 0.863. The molecule has 5 nitrogen and oxygen atoms in total. The van der Waals surface area contributed by atoms with Crippen LogP contribution >= 0.6 is 0 Å². The number of halogens is 2. The Bertz CT molecular complexity index is 700. The lowest BCUT2D eigenvalue weighted by Crippen LogP contribution is -2.52. The molecule has 1 aliphatic rings. The van der Waals surface area contributed by atoms with Crippen LogP contribution in [0.1, 0.15) is 17.5 Å². The molecular weight excluding hydrogens is 326 g/mol. The van der Waals surface area contributed by atoms with E-state index in [2.05, 4.69) is 19.8 Å². The van der Waals surface area contributed by atoms with Crippen LogP contribution in [-0.4, -0.2) is 57.2 Å². The summed E-state index contributed by atoms with van der Waals surface area (Å²) >= 11 is 0. The predicted octanol–water partition coefficient (Wildman–Crippen LogP) is 1.82. The van der Waals surface area contributed by atoms with Crippen LogP contribution in [0.25, 0.3) is 0 Å². The number of aliphatic hydroxyl groups is 1. The molecule has 25 heavy (non-hydrogen) atoms. The first kappa shape index (κ1) is 17.8. The molecule has 134 valence electrons. The first-order valence-corrected chi connectivity index (χ1v) is 8.40. The van der Waals surface area contributed by atoms with Gasteiger partial charge in [-0.3, -0.25) is 19.8 Å². The van der Waals surface area contributed by atoms with E-state index in [4.69, 9.17) is 0 Å². The Morgan fingerprint density at radius 3 is 2.20 bits per heavy atom. The molecule has 3 rings (SSSR count). The third-order valence-electron chi connectivity index (χ3n) is 4.47. The summed E-state index contributed by atoms with van der Waals surface area (Å²) in [7, 11) is 0. The summed E-state index contributed by atoms with van der Waals surface area (Å²) in [5.74, 6) is -0.671. The molecule has 1 unspecified atom stereocenters. The fourth-order valence-corrected chi connectivity index (χ4v) is 3.31. The van der Waals surface area contributed by atoms with Crippen LogP contribution in [0.15, 0.2) is 36.9 Å². The smallest absolute Gasteiger partial charge is 0.141 e. The van der Waals surface area contributed by atoms with Crippen molar-refractivity contribution in [2.24, 2.45) is 0 Å². The Kier molecular flexibility index (Phi) is 6.01. The number of hydrogen-bond acceptors (Lipinski definition) is 5. The van der Waals surface area contributed by atoms with Gasteiger partial charge in [0.05, 0.1) is 12.4 Å². The minimum absolute atomic E-state index is 0.0952. The molecule has 7 heteroatoms. The van der Waals surface area contributed by atoms with Crippen molar-refractivity contribution in [1.82, 2.24) is 19.8 Å². The van der Waals surface area contributed by atoms with Crippen LogP contribution in [0, 0.1) is 11.6 Å². The Labute approximate surface area is 145 Å². The molecule has 0 radical (unpaired) electrons. The van der Waals surface area contributed by atoms with Gasteiger partial charge >= 0.3 is 0 Å². The number of pyridine rings is 2. The molecule has 0 bridgehead atoms. The van der Waals surface area contributed by atoms with Crippen LogP contribution in [0.4, 0.5) is 8.78 Å². The first-order chi connectivity index (χ1) is 12.1. The van der Waals surface area contributed by atoms with Gasteiger partial charge in [0.2, 0.25) is 0 Å². The molecule has 2 aromatic rings. The van der Waals surface area contributed by atoms with Gasteiger partial charge in [-0.25, -0.2) is 8.78 Å². The van der Waals surface area contributed by atoms with Gasteiger partial charge in [0.25, 0.3) is 0 Å². The standard InChI is InChI=1S/C18H22F2N4O/c19-16-5-14(7-21-9-16)11-23-2-3-24(18(13-23)1-4-25)12-15-6-17(20)10-22-8-15/h5-10,18,25H,1-4,11-13H2. The summed E-state index contributed by atoms with van der Waals surface area (Å²) < 4.78 is 26.6. The zero-order valence-electron chi connectivity index (χ0n) is 14.0. The molecule has 2 aromatic heterocycles.